The number of benzene rings is 1. The van der Waals surface area contributed by atoms with Gasteiger partial charge in [-0.1, -0.05) is 12.1 Å². The molecule has 1 unspecified atom stereocenters. The number of nitrogens with two attached hydrogens (primary N) is 1. The molecular weight excluding hydrogens is 252 g/mol. The van der Waals surface area contributed by atoms with Gasteiger partial charge in [0.25, 0.3) is 0 Å². The summed E-state index contributed by atoms with van der Waals surface area (Å²) < 4.78 is 10.6. The molecule has 0 aromatic heterocycles. The van der Waals surface area contributed by atoms with Gasteiger partial charge in [0, 0.05) is 32.3 Å². The molecule has 0 bridgehead atoms. The van der Waals surface area contributed by atoms with E-state index in [0.29, 0.717) is 12.6 Å². The minimum absolute atomic E-state index is 0.0446. The first-order valence-electron chi connectivity index (χ1n) is 7.46. The minimum atomic E-state index is 0.0446. The third kappa shape index (κ3) is 4.47. The van der Waals surface area contributed by atoms with Crippen molar-refractivity contribution in [2.24, 2.45) is 5.73 Å². The lowest BCUT2D eigenvalue weighted by atomic mass is 10.1. The molecule has 2 rings (SSSR count). The van der Waals surface area contributed by atoms with Crippen molar-refractivity contribution < 1.29 is 9.47 Å². The molecule has 0 saturated heterocycles. The maximum absolute atomic E-state index is 6.33. The molecule has 1 fully saturated rings. The van der Waals surface area contributed by atoms with Crippen molar-refractivity contribution in [3.05, 3.63) is 29.8 Å². The molecular formula is C16H26N2O2. The summed E-state index contributed by atoms with van der Waals surface area (Å²) in [6.45, 7) is 5.31. The number of ether oxygens (including phenoxy) is 2. The van der Waals surface area contributed by atoms with Crippen LogP contribution in [0, 0.1) is 0 Å². The third-order valence-electron chi connectivity index (χ3n) is 3.70. The molecule has 4 nitrogen and oxygen atoms in total. The average Bonchev–Trinajstić information content (AvgIpc) is 3.29. The van der Waals surface area contributed by atoms with Gasteiger partial charge in [-0.3, -0.25) is 4.90 Å². The van der Waals surface area contributed by atoms with Crippen molar-refractivity contribution in [3.63, 3.8) is 0 Å². The van der Waals surface area contributed by atoms with Crippen molar-refractivity contribution >= 4 is 0 Å². The maximum atomic E-state index is 6.33. The molecule has 2 N–H and O–H groups in total. The fraction of sp³-hybridized carbons (Fsp3) is 0.625. The molecule has 1 aliphatic rings. The first-order chi connectivity index (χ1) is 9.74. The molecule has 1 aromatic carbocycles. The molecule has 1 aromatic rings. The first kappa shape index (κ1) is 15.3. The fourth-order valence-electron chi connectivity index (χ4n) is 2.41. The summed E-state index contributed by atoms with van der Waals surface area (Å²) in [6, 6.07) is 8.88. The number of rotatable bonds is 9. The third-order valence-corrected chi connectivity index (χ3v) is 3.70. The molecule has 0 radical (unpaired) electrons. The average molecular weight is 278 g/mol. The Balaban J connectivity index is 1.89. The van der Waals surface area contributed by atoms with Gasteiger partial charge in [-0.05, 0) is 37.5 Å². The molecule has 1 aliphatic carbocycles. The van der Waals surface area contributed by atoms with Crippen LogP contribution in [-0.4, -0.2) is 44.4 Å². The van der Waals surface area contributed by atoms with Crippen molar-refractivity contribution in [1.82, 2.24) is 4.90 Å². The minimum Gasteiger partial charge on any atom is -0.494 e. The molecule has 20 heavy (non-hydrogen) atoms. The molecule has 4 heteroatoms. The summed E-state index contributed by atoms with van der Waals surface area (Å²) in [4.78, 5) is 2.45. The van der Waals surface area contributed by atoms with Crippen molar-refractivity contribution in [2.45, 2.75) is 31.8 Å². The largest absolute Gasteiger partial charge is 0.494 e. The number of hydrogen-bond acceptors (Lipinski definition) is 4. The summed E-state index contributed by atoms with van der Waals surface area (Å²) in [5.41, 5.74) is 7.50. The van der Waals surface area contributed by atoms with Crippen LogP contribution in [0.25, 0.3) is 0 Å². The Morgan fingerprint density at radius 2 is 2.00 bits per heavy atom. The van der Waals surface area contributed by atoms with E-state index in [4.69, 9.17) is 15.2 Å². The molecule has 1 atom stereocenters. The second kappa shape index (κ2) is 7.62. The highest BCUT2D eigenvalue weighted by molar-refractivity contribution is 5.29. The Morgan fingerprint density at radius 3 is 2.55 bits per heavy atom. The summed E-state index contributed by atoms with van der Waals surface area (Å²) in [5.74, 6) is 0.905. The van der Waals surface area contributed by atoms with Crippen molar-refractivity contribution in [2.75, 3.05) is 33.4 Å². The highest BCUT2D eigenvalue weighted by atomic mass is 16.5. The van der Waals surface area contributed by atoms with E-state index in [1.54, 1.807) is 7.11 Å². The van der Waals surface area contributed by atoms with Crippen LogP contribution in [0.15, 0.2) is 24.3 Å². The van der Waals surface area contributed by atoms with E-state index in [2.05, 4.69) is 17.0 Å². The Hall–Kier alpha value is -1.10. The standard InChI is InChI=1S/C16H26N2O2/c1-3-20-15-8-4-13(5-9-15)16(17)12-18(10-11-19-2)14-6-7-14/h4-5,8-9,14,16H,3,6-7,10-12,17H2,1-2H3. The normalized spacial score (nSPS) is 16.4. The highest BCUT2D eigenvalue weighted by Gasteiger charge is 2.29. The van der Waals surface area contributed by atoms with Gasteiger partial charge in [0.15, 0.2) is 0 Å². The molecule has 1 saturated carbocycles. The number of nitrogens with zero attached hydrogens (tertiary/aromatic N) is 1. The van der Waals surface area contributed by atoms with Crippen molar-refractivity contribution in [3.8, 4) is 5.75 Å². The Bertz CT molecular complexity index is 390. The fourth-order valence-corrected chi connectivity index (χ4v) is 2.41. The Labute approximate surface area is 121 Å². The lowest BCUT2D eigenvalue weighted by molar-refractivity contribution is 0.139. The van der Waals surface area contributed by atoms with Gasteiger partial charge in [-0.15, -0.1) is 0 Å². The van der Waals surface area contributed by atoms with E-state index < -0.39 is 0 Å². The van der Waals surface area contributed by atoms with Crippen molar-refractivity contribution in [1.29, 1.82) is 0 Å². The zero-order valence-corrected chi connectivity index (χ0v) is 12.5. The SMILES string of the molecule is CCOc1ccc(C(N)CN(CCOC)C2CC2)cc1. The molecule has 0 amide bonds. The van der Waals surface area contributed by atoms with E-state index in [1.165, 1.54) is 12.8 Å². The van der Waals surface area contributed by atoms with Crippen LogP contribution in [-0.2, 0) is 4.74 Å². The second-order valence-electron chi connectivity index (χ2n) is 5.33. The first-order valence-corrected chi connectivity index (χ1v) is 7.46. The smallest absolute Gasteiger partial charge is 0.119 e. The predicted molar refractivity (Wildman–Crippen MR) is 81.0 cm³/mol. The topological polar surface area (TPSA) is 47.7 Å². The van der Waals surface area contributed by atoms with E-state index in [0.717, 1.165) is 31.0 Å². The zero-order chi connectivity index (χ0) is 14.4. The van der Waals surface area contributed by atoms with Crippen LogP contribution in [0.3, 0.4) is 0 Å². The monoisotopic (exact) mass is 278 g/mol. The molecule has 0 aliphatic heterocycles. The number of methoxy groups -OCH3 is 1. The van der Waals surface area contributed by atoms with Gasteiger partial charge < -0.3 is 15.2 Å². The van der Waals surface area contributed by atoms with E-state index in [-0.39, 0.29) is 6.04 Å². The second-order valence-corrected chi connectivity index (χ2v) is 5.33. The molecule has 0 spiro atoms. The quantitative estimate of drug-likeness (QED) is 0.752. The summed E-state index contributed by atoms with van der Waals surface area (Å²) in [7, 11) is 1.75. The highest BCUT2D eigenvalue weighted by Crippen LogP contribution is 2.28. The van der Waals surface area contributed by atoms with E-state index in [9.17, 15) is 0 Å². The van der Waals surface area contributed by atoms with Gasteiger partial charge in [-0.2, -0.15) is 0 Å². The number of hydrogen-bond donors (Lipinski definition) is 1. The van der Waals surface area contributed by atoms with Crippen LogP contribution in [0.1, 0.15) is 31.4 Å². The van der Waals surface area contributed by atoms with Gasteiger partial charge in [0.2, 0.25) is 0 Å². The predicted octanol–water partition coefficient (Wildman–Crippen LogP) is 2.20. The van der Waals surface area contributed by atoms with Crippen LogP contribution >= 0.6 is 0 Å². The summed E-state index contributed by atoms with van der Waals surface area (Å²) >= 11 is 0. The zero-order valence-electron chi connectivity index (χ0n) is 12.5. The van der Waals surface area contributed by atoms with E-state index in [1.807, 2.05) is 19.1 Å². The Kier molecular flexibility index (Phi) is 5.83. The van der Waals surface area contributed by atoms with Crippen LogP contribution in [0.5, 0.6) is 5.75 Å². The molecule has 0 heterocycles. The summed E-state index contributed by atoms with van der Waals surface area (Å²) in [5, 5.41) is 0. The van der Waals surface area contributed by atoms with Gasteiger partial charge in [0.05, 0.1) is 13.2 Å². The lowest BCUT2D eigenvalue weighted by Crippen LogP contribution is -2.36. The van der Waals surface area contributed by atoms with Crippen LogP contribution in [0.4, 0.5) is 0 Å². The van der Waals surface area contributed by atoms with Gasteiger partial charge >= 0.3 is 0 Å². The summed E-state index contributed by atoms with van der Waals surface area (Å²) in [6.07, 6.45) is 2.58. The molecule has 112 valence electrons. The van der Waals surface area contributed by atoms with Gasteiger partial charge in [0.1, 0.15) is 5.75 Å². The Morgan fingerprint density at radius 1 is 1.30 bits per heavy atom. The van der Waals surface area contributed by atoms with Gasteiger partial charge in [-0.25, -0.2) is 0 Å². The lowest BCUT2D eigenvalue weighted by Gasteiger charge is -2.25. The van der Waals surface area contributed by atoms with Crippen LogP contribution < -0.4 is 10.5 Å². The van der Waals surface area contributed by atoms with E-state index >= 15 is 0 Å². The van der Waals surface area contributed by atoms with Crippen LogP contribution in [0.2, 0.25) is 0 Å². The maximum Gasteiger partial charge on any atom is 0.119 e.